The molecule has 1 heterocycles. The van der Waals surface area contributed by atoms with Crippen LogP contribution in [0.15, 0.2) is 17.1 Å². The maximum atomic E-state index is 11.8. The van der Waals surface area contributed by atoms with Gasteiger partial charge in [0.1, 0.15) is 0 Å². The molecule has 0 amide bonds. The molecule has 0 aliphatic carbocycles. The van der Waals surface area contributed by atoms with Gasteiger partial charge in [-0.05, 0) is 26.7 Å². The van der Waals surface area contributed by atoms with Crippen molar-refractivity contribution >= 4 is 17.3 Å². The van der Waals surface area contributed by atoms with E-state index in [1.807, 2.05) is 0 Å². The summed E-state index contributed by atoms with van der Waals surface area (Å²) in [5, 5.41) is 4.19. The minimum atomic E-state index is -0.0380. The Bertz CT molecular complexity index is 388. The van der Waals surface area contributed by atoms with E-state index in [1.54, 1.807) is 12.3 Å². The van der Waals surface area contributed by atoms with Crippen LogP contribution in [0.4, 0.5) is 5.69 Å². The molecule has 0 atom stereocenters. The zero-order chi connectivity index (χ0) is 12.7. The molecule has 0 aliphatic heterocycles. The zero-order valence-corrected chi connectivity index (χ0v) is 11.3. The van der Waals surface area contributed by atoms with Crippen LogP contribution in [0.1, 0.15) is 26.7 Å². The first-order valence-corrected chi connectivity index (χ1v) is 6.64. The Kier molecular flexibility index (Phi) is 6.05. The quantitative estimate of drug-likeness (QED) is 0.555. The standard InChI is InChI=1S/C12H20ClN3O/c1-3-15(4-2)11-9-12(17)16(14-10-11)8-6-5-7-13/h9-10H,3-8H2,1-2H3. The average Bonchev–Trinajstić information content (AvgIpc) is 2.33. The number of nitrogens with zero attached hydrogens (tertiary/aromatic N) is 3. The van der Waals surface area contributed by atoms with E-state index in [0.29, 0.717) is 12.4 Å². The van der Waals surface area contributed by atoms with Crippen LogP contribution in [0, 0.1) is 0 Å². The van der Waals surface area contributed by atoms with E-state index in [9.17, 15) is 4.79 Å². The lowest BCUT2D eigenvalue weighted by atomic mass is 10.3. The summed E-state index contributed by atoms with van der Waals surface area (Å²) in [6, 6.07) is 1.65. The molecule has 0 aliphatic rings. The molecule has 96 valence electrons. The third-order valence-corrected chi connectivity index (χ3v) is 3.00. The largest absolute Gasteiger partial charge is 0.371 e. The summed E-state index contributed by atoms with van der Waals surface area (Å²) < 4.78 is 1.50. The summed E-state index contributed by atoms with van der Waals surface area (Å²) in [6.45, 7) is 6.54. The lowest BCUT2D eigenvalue weighted by molar-refractivity contribution is 0.543. The highest BCUT2D eigenvalue weighted by atomic mass is 35.5. The van der Waals surface area contributed by atoms with Crippen molar-refractivity contribution in [2.75, 3.05) is 23.9 Å². The fraction of sp³-hybridized carbons (Fsp3) is 0.667. The SMILES string of the molecule is CCN(CC)c1cnn(CCCCCl)c(=O)c1. The summed E-state index contributed by atoms with van der Waals surface area (Å²) in [5.41, 5.74) is 0.859. The summed E-state index contributed by atoms with van der Waals surface area (Å²) in [5.74, 6) is 0.631. The van der Waals surface area contributed by atoms with Gasteiger partial charge in [-0.3, -0.25) is 4.79 Å². The summed E-state index contributed by atoms with van der Waals surface area (Å²) in [6.07, 6.45) is 3.56. The van der Waals surface area contributed by atoms with Crippen molar-refractivity contribution in [3.8, 4) is 0 Å². The number of aromatic nitrogens is 2. The third-order valence-electron chi connectivity index (χ3n) is 2.74. The van der Waals surface area contributed by atoms with Crippen molar-refractivity contribution in [3.63, 3.8) is 0 Å². The Morgan fingerprint density at radius 3 is 2.59 bits per heavy atom. The van der Waals surface area contributed by atoms with Gasteiger partial charge >= 0.3 is 0 Å². The fourth-order valence-electron chi connectivity index (χ4n) is 1.71. The summed E-state index contributed by atoms with van der Waals surface area (Å²) >= 11 is 5.60. The monoisotopic (exact) mass is 257 g/mol. The molecule has 0 spiro atoms. The number of anilines is 1. The summed E-state index contributed by atoms with van der Waals surface area (Å²) in [7, 11) is 0. The smallest absolute Gasteiger partial charge is 0.268 e. The third kappa shape index (κ3) is 4.04. The highest BCUT2D eigenvalue weighted by molar-refractivity contribution is 6.17. The second-order valence-electron chi connectivity index (χ2n) is 3.84. The fourth-order valence-corrected chi connectivity index (χ4v) is 1.90. The predicted molar refractivity (Wildman–Crippen MR) is 72.0 cm³/mol. The van der Waals surface area contributed by atoms with Gasteiger partial charge in [0.05, 0.1) is 11.9 Å². The molecule has 0 unspecified atom stereocenters. The maximum absolute atomic E-state index is 11.8. The van der Waals surface area contributed by atoms with E-state index in [1.165, 1.54) is 4.68 Å². The number of hydrogen-bond acceptors (Lipinski definition) is 3. The lowest BCUT2D eigenvalue weighted by Gasteiger charge is -2.20. The molecule has 1 aromatic heterocycles. The highest BCUT2D eigenvalue weighted by Gasteiger charge is 2.05. The molecule has 0 N–H and O–H groups in total. The van der Waals surface area contributed by atoms with Crippen molar-refractivity contribution in [2.24, 2.45) is 0 Å². The van der Waals surface area contributed by atoms with Crippen LogP contribution >= 0.6 is 11.6 Å². The second kappa shape index (κ2) is 7.33. The van der Waals surface area contributed by atoms with Crippen molar-refractivity contribution in [1.29, 1.82) is 0 Å². The van der Waals surface area contributed by atoms with Crippen LogP contribution in [-0.4, -0.2) is 28.8 Å². The first-order valence-electron chi connectivity index (χ1n) is 6.11. The van der Waals surface area contributed by atoms with Crippen LogP contribution in [-0.2, 0) is 6.54 Å². The molecule has 0 bridgehead atoms. The van der Waals surface area contributed by atoms with E-state index in [-0.39, 0.29) is 5.56 Å². The van der Waals surface area contributed by atoms with Gasteiger partial charge in [0.15, 0.2) is 0 Å². The predicted octanol–water partition coefficient (Wildman–Crippen LogP) is 2.11. The molecular weight excluding hydrogens is 238 g/mol. The van der Waals surface area contributed by atoms with Gasteiger partial charge in [0.2, 0.25) is 0 Å². The van der Waals surface area contributed by atoms with Crippen molar-refractivity contribution < 1.29 is 0 Å². The Morgan fingerprint density at radius 1 is 1.35 bits per heavy atom. The molecule has 1 aromatic rings. The molecule has 4 nitrogen and oxygen atoms in total. The lowest BCUT2D eigenvalue weighted by Crippen LogP contribution is -2.27. The molecule has 0 radical (unpaired) electrons. The molecule has 0 saturated heterocycles. The molecule has 1 rings (SSSR count). The van der Waals surface area contributed by atoms with Crippen LogP contribution < -0.4 is 10.5 Å². The topological polar surface area (TPSA) is 38.1 Å². The van der Waals surface area contributed by atoms with Gasteiger partial charge in [0, 0.05) is 31.6 Å². The van der Waals surface area contributed by atoms with Gasteiger partial charge < -0.3 is 4.90 Å². The normalized spacial score (nSPS) is 10.5. The number of unbranched alkanes of at least 4 members (excludes halogenated alkanes) is 1. The van der Waals surface area contributed by atoms with Gasteiger partial charge in [-0.1, -0.05) is 0 Å². The van der Waals surface area contributed by atoms with Gasteiger partial charge in [-0.15, -0.1) is 11.6 Å². The maximum Gasteiger partial charge on any atom is 0.268 e. The van der Waals surface area contributed by atoms with Crippen molar-refractivity contribution in [3.05, 3.63) is 22.6 Å². The van der Waals surface area contributed by atoms with Crippen LogP contribution in [0.3, 0.4) is 0 Å². The Hall–Kier alpha value is -1.03. The second-order valence-corrected chi connectivity index (χ2v) is 4.22. The molecule has 0 fully saturated rings. The number of aryl methyl sites for hydroxylation is 1. The Morgan fingerprint density at radius 2 is 2.06 bits per heavy atom. The van der Waals surface area contributed by atoms with E-state index in [0.717, 1.165) is 31.6 Å². The van der Waals surface area contributed by atoms with Crippen LogP contribution in [0.5, 0.6) is 0 Å². The first kappa shape index (κ1) is 14.0. The Balaban J connectivity index is 2.75. The van der Waals surface area contributed by atoms with Crippen molar-refractivity contribution in [1.82, 2.24) is 9.78 Å². The number of halogens is 1. The first-order chi connectivity index (χ1) is 8.22. The van der Waals surface area contributed by atoms with E-state index >= 15 is 0 Å². The van der Waals surface area contributed by atoms with Crippen LogP contribution in [0.2, 0.25) is 0 Å². The van der Waals surface area contributed by atoms with E-state index in [2.05, 4.69) is 23.8 Å². The number of rotatable bonds is 7. The van der Waals surface area contributed by atoms with Crippen LogP contribution in [0.25, 0.3) is 0 Å². The van der Waals surface area contributed by atoms with Gasteiger partial charge in [0.25, 0.3) is 5.56 Å². The summed E-state index contributed by atoms with van der Waals surface area (Å²) in [4.78, 5) is 13.9. The molecule has 5 heteroatoms. The molecule has 0 aromatic carbocycles. The average molecular weight is 258 g/mol. The highest BCUT2D eigenvalue weighted by Crippen LogP contribution is 2.08. The minimum Gasteiger partial charge on any atom is -0.371 e. The van der Waals surface area contributed by atoms with Crippen molar-refractivity contribution in [2.45, 2.75) is 33.2 Å². The zero-order valence-electron chi connectivity index (χ0n) is 10.5. The number of hydrogen-bond donors (Lipinski definition) is 0. The van der Waals surface area contributed by atoms with Gasteiger partial charge in [-0.2, -0.15) is 5.10 Å². The Labute approximate surface area is 107 Å². The minimum absolute atomic E-state index is 0.0380. The number of alkyl halides is 1. The van der Waals surface area contributed by atoms with E-state index < -0.39 is 0 Å². The molecular formula is C12H20ClN3O. The molecule has 17 heavy (non-hydrogen) atoms. The van der Waals surface area contributed by atoms with Gasteiger partial charge in [-0.25, -0.2) is 4.68 Å². The van der Waals surface area contributed by atoms with E-state index in [4.69, 9.17) is 11.6 Å². The molecule has 0 saturated carbocycles.